The number of carboxylic acid groups (broad SMARTS) is 1. The molecule has 9 heteroatoms. The minimum Gasteiger partial charge on any atom is -0.546 e. The molecule has 2 aromatic carbocycles. The maximum Gasteiger partial charge on any atom is 0.453 e. The van der Waals surface area contributed by atoms with Crippen molar-refractivity contribution in [3.63, 3.8) is 0 Å². The van der Waals surface area contributed by atoms with E-state index in [-0.39, 0.29) is 16.9 Å². The number of aryl methyl sites for hydroxylation is 1. The highest BCUT2D eigenvalue weighted by Gasteiger charge is 2.40. The molecule has 3 rings (SSSR count). The second-order valence-corrected chi connectivity index (χ2v) is 5.77. The molecule has 0 unspecified atom stereocenters. The van der Waals surface area contributed by atoms with Crippen LogP contribution in [0.1, 0.15) is 11.3 Å². The molecular formula is C19H12F3O6-. The number of hydrogen-bond acceptors (Lipinski definition) is 6. The smallest absolute Gasteiger partial charge is 0.453 e. The molecule has 0 aliphatic rings. The summed E-state index contributed by atoms with van der Waals surface area (Å²) in [5.74, 6) is -4.13. The molecule has 0 amide bonds. The Balaban J connectivity index is 2.16. The molecule has 28 heavy (non-hydrogen) atoms. The summed E-state index contributed by atoms with van der Waals surface area (Å²) < 4.78 is 55.5. The quantitative estimate of drug-likeness (QED) is 0.662. The number of rotatable bonds is 5. The van der Waals surface area contributed by atoms with Crippen molar-refractivity contribution in [2.24, 2.45) is 0 Å². The van der Waals surface area contributed by atoms with Gasteiger partial charge in [0.1, 0.15) is 23.7 Å². The van der Waals surface area contributed by atoms with Gasteiger partial charge in [0.15, 0.2) is 0 Å². The third kappa shape index (κ3) is 3.93. The molecule has 0 radical (unpaired) electrons. The lowest BCUT2D eigenvalue weighted by Gasteiger charge is -2.14. The van der Waals surface area contributed by atoms with E-state index in [2.05, 4.69) is 0 Å². The monoisotopic (exact) mass is 393 g/mol. The molecule has 0 aliphatic heterocycles. The van der Waals surface area contributed by atoms with Gasteiger partial charge in [-0.15, -0.1) is 0 Å². The minimum absolute atomic E-state index is 0.0774. The lowest BCUT2D eigenvalue weighted by Crippen LogP contribution is -2.28. The van der Waals surface area contributed by atoms with Gasteiger partial charge >= 0.3 is 6.18 Å². The average molecular weight is 393 g/mol. The molecule has 0 saturated carbocycles. The van der Waals surface area contributed by atoms with Gasteiger partial charge in [-0.05, 0) is 30.7 Å². The van der Waals surface area contributed by atoms with Crippen LogP contribution in [0.25, 0.3) is 11.0 Å². The maximum atomic E-state index is 13.5. The van der Waals surface area contributed by atoms with Crippen molar-refractivity contribution < 1.29 is 37.0 Å². The third-order valence-corrected chi connectivity index (χ3v) is 3.74. The van der Waals surface area contributed by atoms with Crippen LogP contribution in [-0.4, -0.2) is 12.6 Å². The van der Waals surface area contributed by atoms with Gasteiger partial charge in [0.05, 0.1) is 11.4 Å². The fourth-order valence-electron chi connectivity index (χ4n) is 2.45. The molecule has 0 bridgehead atoms. The van der Waals surface area contributed by atoms with Gasteiger partial charge in [0, 0.05) is 6.07 Å². The highest BCUT2D eigenvalue weighted by Crippen LogP contribution is 2.39. The highest BCUT2D eigenvalue weighted by atomic mass is 19.4. The summed E-state index contributed by atoms with van der Waals surface area (Å²) in [6.45, 7) is 0.808. The summed E-state index contributed by atoms with van der Waals surface area (Å²) in [6.07, 6.45) is -5.01. The van der Waals surface area contributed by atoms with E-state index in [0.29, 0.717) is 5.56 Å². The SMILES string of the molecule is Cc1ccccc1Oc1c(C(F)(F)F)oc2cc(OCC(=O)[O-])ccc2c1=O. The van der Waals surface area contributed by atoms with Crippen LogP contribution in [0, 0.1) is 6.92 Å². The first kappa shape index (κ1) is 19.3. The summed E-state index contributed by atoms with van der Waals surface area (Å²) in [7, 11) is 0. The summed E-state index contributed by atoms with van der Waals surface area (Å²) in [6, 6.07) is 9.65. The predicted octanol–water partition coefficient (Wildman–Crippen LogP) is 3.04. The number of alkyl halides is 3. The van der Waals surface area contributed by atoms with Gasteiger partial charge in [-0.3, -0.25) is 4.79 Å². The van der Waals surface area contributed by atoms with Gasteiger partial charge in [-0.25, -0.2) is 0 Å². The van der Waals surface area contributed by atoms with E-state index in [1.807, 2.05) is 0 Å². The number of carbonyl (C=O) groups is 1. The molecule has 0 spiro atoms. The van der Waals surface area contributed by atoms with Crippen molar-refractivity contribution in [2.75, 3.05) is 6.61 Å². The number of carboxylic acids is 1. The molecule has 1 heterocycles. The van der Waals surface area contributed by atoms with Gasteiger partial charge in [0.2, 0.25) is 11.2 Å². The van der Waals surface area contributed by atoms with Gasteiger partial charge < -0.3 is 23.8 Å². The fourth-order valence-corrected chi connectivity index (χ4v) is 2.45. The number of halogens is 3. The Kier molecular flexibility index (Phi) is 5.00. The molecule has 0 saturated heterocycles. The molecule has 1 aromatic heterocycles. The lowest BCUT2D eigenvalue weighted by atomic mass is 10.2. The minimum atomic E-state index is -5.01. The fraction of sp³-hybridized carbons (Fsp3) is 0.158. The Bertz CT molecular complexity index is 1100. The van der Waals surface area contributed by atoms with Crippen molar-refractivity contribution in [1.82, 2.24) is 0 Å². The van der Waals surface area contributed by atoms with Crippen LogP contribution >= 0.6 is 0 Å². The standard InChI is InChI=1S/C19H13F3O6/c1-10-4-2-3-5-13(10)27-17-16(25)12-7-6-11(26-9-15(23)24)8-14(12)28-18(17)19(20,21)22/h2-8H,9H2,1H3,(H,23,24)/p-1. The zero-order chi connectivity index (χ0) is 20.5. The van der Waals surface area contributed by atoms with Crippen molar-refractivity contribution in [3.8, 4) is 17.2 Å². The normalized spacial score (nSPS) is 11.4. The van der Waals surface area contributed by atoms with Gasteiger partial charge in [-0.2, -0.15) is 13.2 Å². The Labute approximate surface area is 155 Å². The molecular weight excluding hydrogens is 381 g/mol. The zero-order valence-corrected chi connectivity index (χ0v) is 14.3. The van der Waals surface area contributed by atoms with E-state index >= 15 is 0 Å². The molecule has 146 valence electrons. The number of aliphatic carboxylic acids is 1. The molecule has 0 fully saturated rings. The van der Waals surface area contributed by atoms with E-state index in [0.717, 1.165) is 12.1 Å². The van der Waals surface area contributed by atoms with Crippen LogP contribution in [0.5, 0.6) is 17.2 Å². The van der Waals surface area contributed by atoms with Crippen LogP contribution in [0.2, 0.25) is 0 Å². The van der Waals surface area contributed by atoms with Gasteiger partial charge in [0.25, 0.3) is 5.76 Å². The third-order valence-electron chi connectivity index (χ3n) is 3.74. The van der Waals surface area contributed by atoms with E-state index in [4.69, 9.17) is 13.9 Å². The highest BCUT2D eigenvalue weighted by molar-refractivity contribution is 5.80. The number of carbonyl (C=O) groups excluding carboxylic acids is 1. The molecule has 0 aliphatic carbocycles. The lowest BCUT2D eigenvalue weighted by molar-refractivity contribution is -0.307. The second kappa shape index (κ2) is 7.26. The van der Waals surface area contributed by atoms with Crippen LogP contribution in [0.15, 0.2) is 51.7 Å². The summed E-state index contributed by atoms with van der Waals surface area (Å²) in [4.78, 5) is 23.1. The van der Waals surface area contributed by atoms with Crippen molar-refractivity contribution >= 4 is 16.9 Å². The molecule has 3 aromatic rings. The largest absolute Gasteiger partial charge is 0.546 e. The number of hydrogen-bond donors (Lipinski definition) is 0. The summed E-state index contributed by atoms with van der Waals surface area (Å²) in [5.41, 5.74) is -0.922. The molecule has 0 atom stereocenters. The van der Waals surface area contributed by atoms with Crippen LogP contribution in [0.4, 0.5) is 13.2 Å². The Hall–Kier alpha value is -3.49. The number of para-hydroxylation sites is 1. The van der Waals surface area contributed by atoms with Crippen molar-refractivity contribution in [3.05, 3.63) is 64.0 Å². The Morgan fingerprint density at radius 3 is 2.54 bits per heavy atom. The number of fused-ring (bicyclic) bond motifs is 1. The first-order valence-electron chi connectivity index (χ1n) is 7.91. The van der Waals surface area contributed by atoms with E-state index in [9.17, 15) is 27.9 Å². The van der Waals surface area contributed by atoms with Crippen LogP contribution < -0.4 is 20.0 Å². The Morgan fingerprint density at radius 2 is 1.89 bits per heavy atom. The summed E-state index contributed by atoms with van der Waals surface area (Å²) >= 11 is 0. The van der Waals surface area contributed by atoms with Crippen molar-refractivity contribution in [1.29, 1.82) is 0 Å². The van der Waals surface area contributed by atoms with Crippen LogP contribution in [-0.2, 0) is 11.0 Å². The molecule has 6 nitrogen and oxygen atoms in total. The van der Waals surface area contributed by atoms with Crippen LogP contribution in [0.3, 0.4) is 0 Å². The number of ether oxygens (including phenoxy) is 2. The predicted molar refractivity (Wildman–Crippen MR) is 89.2 cm³/mol. The number of benzene rings is 2. The van der Waals surface area contributed by atoms with E-state index in [1.165, 1.54) is 12.1 Å². The molecule has 0 N–H and O–H groups in total. The zero-order valence-electron chi connectivity index (χ0n) is 14.3. The average Bonchev–Trinajstić information content (AvgIpc) is 2.62. The Morgan fingerprint density at radius 1 is 1.18 bits per heavy atom. The maximum absolute atomic E-state index is 13.5. The first-order valence-corrected chi connectivity index (χ1v) is 7.91. The topological polar surface area (TPSA) is 88.8 Å². The first-order chi connectivity index (χ1) is 13.2. The van der Waals surface area contributed by atoms with Gasteiger partial charge in [-0.1, -0.05) is 18.2 Å². The summed E-state index contributed by atoms with van der Waals surface area (Å²) in [5, 5.41) is 10.3. The van der Waals surface area contributed by atoms with E-state index in [1.54, 1.807) is 25.1 Å². The van der Waals surface area contributed by atoms with Crippen molar-refractivity contribution in [2.45, 2.75) is 13.1 Å². The second-order valence-electron chi connectivity index (χ2n) is 5.77. The van der Waals surface area contributed by atoms with E-state index < -0.39 is 41.3 Å².